The molecular formula is C18H21ClF2N2O2. The third-order valence-electron chi connectivity index (χ3n) is 3.25. The second-order valence-corrected chi connectivity index (χ2v) is 5.21. The zero-order valence-corrected chi connectivity index (χ0v) is 14.7. The summed E-state index contributed by atoms with van der Waals surface area (Å²) in [4.78, 5) is 12.0. The van der Waals surface area contributed by atoms with E-state index in [1.54, 1.807) is 24.3 Å². The van der Waals surface area contributed by atoms with Gasteiger partial charge in [0.15, 0.2) is 11.6 Å². The van der Waals surface area contributed by atoms with Crippen LogP contribution in [0.5, 0.6) is 11.5 Å². The molecule has 0 atom stereocenters. The van der Waals surface area contributed by atoms with Crippen LogP contribution in [-0.4, -0.2) is 25.5 Å². The zero-order valence-electron chi connectivity index (χ0n) is 13.9. The van der Waals surface area contributed by atoms with Gasteiger partial charge < -0.3 is 15.4 Å². The van der Waals surface area contributed by atoms with Crippen LogP contribution in [0.4, 0.5) is 8.78 Å². The Kier molecular flexibility index (Phi) is 8.88. The van der Waals surface area contributed by atoms with Gasteiger partial charge in [0.05, 0.1) is 0 Å². The van der Waals surface area contributed by atoms with Gasteiger partial charge in [-0.05, 0) is 49.4 Å². The first kappa shape index (κ1) is 20.9. The molecule has 136 valence electrons. The molecule has 0 radical (unpaired) electrons. The van der Waals surface area contributed by atoms with Crippen molar-refractivity contribution in [3.05, 3.63) is 59.7 Å². The molecular weight excluding hydrogens is 350 g/mol. The van der Waals surface area contributed by atoms with Crippen molar-refractivity contribution >= 4 is 18.3 Å². The van der Waals surface area contributed by atoms with E-state index < -0.39 is 11.6 Å². The van der Waals surface area contributed by atoms with Crippen molar-refractivity contribution in [2.24, 2.45) is 0 Å². The van der Waals surface area contributed by atoms with Crippen LogP contribution in [0.3, 0.4) is 0 Å². The third-order valence-corrected chi connectivity index (χ3v) is 3.25. The summed E-state index contributed by atoms with van der Waals surface area (Å²) in [5.41, 5.74) is 0.484. The van der Waals surface area contributed by atoms with Crippen molar-refractivity contribution in [2.75, 3.05) is 19.6 Å². The molecule has 2 N–H and O–H groups in total. The monoisotopic (exact) mass is 370 g/mol. The Bertz CT molecular complexity index is 681. The van der Waals surface area contributed by atoms with E-state index in [1.807, 2.05) is 0 Å². The molecule has 2 aromatic rings. The van der Waals surface area contributed by atoms with Crippen LogP contribution in [0.25, 0.3) is 0 Å². The fourth-order valence-corrected chi connectivity index (χ4v) is 2.03. The van der Waals surface area contributed by atoms with Crippen molar-refractivity contribution in [1.82, 2.24) is 10.6 Å². The molecule has 25 heavy (non-hydrogen) atoms. The van der Waals surface area contributed by atoms with E-state index in [1.165, 1.54) is 6.07 Å². The third kappa shape index (κ3) is 6.68. The van der Waals surface area contributed by atoms with E-state index in [4.69, 9.17) is 4.74 Å². The molecule has 0 unspecified atom stereocenters. The number of rotatable bonds is 8. The Hall–Kier alpha value is -2.18. The predicted octanol–water partition coefficient (Wildman–Crippen LogP) is 3.91. The number of nitrogens with one attached hydrogen (secondary N) is 2. The molecule has 0 saturated heterocycles. The van der Waals surface area contributed by atoms with Gasteiger partial charge in [0, 0.05) is 24.7 Å². The van der Waals surface area contributed by atoms with Crippen molar-refractivity contribution in [2.45, 2.75) is 13.3 Å². The topological polar surface area (TPSA) is 50.4 Å². The first-order valence-corrected chi connectivity index (χ1v) is 7.82. The van der Waals surface area contributed by atoms with Crippen LogP contribution in [0, 0.1) is 11.6 Å². The average Bonchev–Trinajstić information content (AvgIpc) is 2.57. The van der Waals surface area contributed by atoms with Gasteiger partial charge in [-0.25, -0.2) is 8.78 Å². The van der Waals surface area contributed by atoms with Crippen LogP contribution in [0.2, 0.25) is 0 Å². The maximum atomic E-state index is 13.5. The highest BCUT2D eigenvalue weighted by Gasteiger charge is 2.08. The van der Waals surface area contributed by atoms with E-state index in [9.17, 15) is 13.6 Å². The van der Waals surface area contributed by atoms with Crippen LogP contribution < -0.4 is 15.4 Å². The Labute approximate surface area is 152 Å². The van der Waals surface area contributed by atoms with Crippen LogP contribution in [-0.2, 0) is 0 Å². The SMILES string of the molecule is CCCNCCNC(=O)c1ccc(Oc2ccc(F)cc2F)cc1.Cl. The van der Waals surface area contributed by atoms with Gasteiger partial charge in [-0.2, -0.15) is 0 Å². The molecule has 7 heteroatoms. The molecule has 0 aliphatic heterocycles. The largest absolute Gasteiger partial charge is 0.454 e. The highest BCUT2D eigenvalue weighted by atomic mass is 35.5. The summed E-state index contributed by atoms with van der Waals surface area (Å²) in [5, 5.41) is 5.99. The number of carbonyl (C=O) groups excluding carboxylic acids is 1. The van der Waals surface area contributed by atoms with Crippen LogP contribution in [0.15, 0.2) is 42.5 Å². The van der Waals surface area contributed by atoms with E-state index in [0.29, 0.717) is 24.4 Å². The Morgan fingerprint density at radius 1 is 1.04 bits per heavy atom. The van der Waals surface area contributed by atoms with E-state index in [0.717, 1.165) is 25.1 Å². The number of hydrogen-bond acceptors (Lipinski definition) is 3. The lowest BCUT2D eigenvalue weighted by atomic mass is 10.2. The molecule has 1 amide bonds. The summed E-state index contributed by atoms with van der Waals surface area (Å²) in [5.74, 6) is -1.35. The lowest BCUT2D eigenvalue weighted by Gasteiger charge is -2.09. The van der Waals surface area contributed by atoms with Gasteiger partial charge in [0.2, 0.25) is 0 Å². The number of carbonyl (C=O) groups is 1. The molecule has 0 heterocycles. The number of benzene rings is 2. The maximum Gasteiger partial charge on any atom is 0.251 e. The first-order chi connectivity index (χ1) is 11.6. The van der Waals surface area contributed by atoms with Crippen LogP contribution in [0.1, 0.15) is 23.7 Å². The lowest BCUT2D eigenvalue weighted by Crippen LogP contribution is -2.32. The molecule has 0 aromatic heterocycles. The van der Waals surface area contributed by atoms with Crippen molar-refractivity contribution in [3.8, 4) is 11.5 Å². The Balaban J connectivity index is 0.00000312. The maximum absolute atomic E-state index is 13.5. The molecule has 4 nitrogen and oxygen atoms in total. The number of halogens is 3. The summed E-state index contributed by atoms with van der Waals surface area (Å²) >= 11 is 0. The van der Waals surface area contributed by atoms with E-state index in [2.05, 4.69) is 17.6 Å². The summed E-state index contributed by atoms with van der Waals surface area (Å²) in [7, 11) is 0. The van der Waals surface area contributed by atoms with Gasteiger partial charge in [0.25, 0.3) is 5.91 Å². The van der Waals surface area contributed by atoms with Gasteiger partial charge in [-0.15, -0.1) is 12.4 Å². The van der Waals surface area contributed by atoms with Gasteiger partial charge in [-0.1, -0.05) is 6.92 Å². The van der Waals surface area contributed by atoms with Gasteiger partial charge in [-0.3, -0.25) is 4.79 Å². The number of amides is 1. The molecule has 0 bridgehead atoms. The minimum absolute atomic E-state index is 0. The molecule has 2 rings (SSSR count). The lowest BCUT2D eigenvalue weighted by molar-refractivity contribution is 0.0954. The van der Waals surface area contributed by atoms with Crippen molar-refractivity contribution < 1.29 is 18.3 Å². The second kappa shape index (κ2) is 10.6. The summed E-state index contributed by atoms with van der Waals surface area (Å²) in [6, 6.07) is 9.39. The van der Waals surface area contributed by atoms with Gasteiger partial charge >= 0.3 is 0 Å². The average molecular weight is 371 g/mol. The molecule has 0 saturated carbocycles. The molecule has 0 fully saturated rings. The molecule has 0 spiro atoms. The fourth-order valence-electron chi connectivity index (χ4n) is 2.03. The molecule has 2 aromatic carbocycles. The highest BCUT2D eigenvalue weighted by Crippen LogP contribution is 2.25. The van der Waals surface area contributed by atoms with Crippen molar-refractivity contribution in [1.29, 1.82) is 0 Å². The predicted molar refractivity (Wildman–Crippen MR) is 95.6 cm³/mol. The zero-order chi connectivity index (χ0) is 17.4. The Morgan fingerprint density at radius 3 is 2.40 bits per heavy atom. The number of ether oxygens (including phenoxy) is 1. The smallest absolute Gasteiger partial charge is 0.251 e. The quantitative estimate of drug-likeness (QED) is 0.693. The number of hydrogen-bond donors (Lipinski definition) is 2. The highest BCUT2D eigenvalue weighted by molar-refractivity contribution is 5.94. The first-order valence-electron chi connectivity index (χ1n) is 7.82. The minimum Gasteiger partial charge on any atom is -0.454 e. The standard InChI is InChI=1S/C18H20F2N2O2.ClH/c1-2-9-21-10-11-22-18(23)13-3-6-15(7-4-13)24-17-8-5-14(19)12-16(17)20;/h3-8,12,21H,2,9-11H2,1H3,(H,22,23);1H. The minimum atomic E-state index is -0.781. The van der Waals surface area contributed by atoms with Crippen molar-refractivity contribution in [3.63, 3.8) is 0 Å². The summed E-state index contributed by atoms with van der Waals surface area (Å²) in [6.45, 7) is 4.25. The van der Waals surface area contributed by atoms with E-state index >= 15 is 0 Å². The molecule has 0 aliphatic rings. The Morgan fingerprint density at radius 2 is 1.76 bits per heavy atom. The van der Waals surface area contributed by atoms with Gasteiger partial charge in [0.1, 0.15) is 11.6 Å². The summed E-state index contributed by atoms with van der Waals surface area (Å²) < 4.78 is 31.7. The van der Waals surface area contributed by atoms with E-state index in [-0.39, 0.29) is 24.1 Å². The fraction of sp³-hybridized carbons (Fsp3) is 0.278. The summed E-state index contributed by atoms with van der Waals surface area (Å²) in [6.07, 6.45) is 1.05. The molecule has 0 aliphatic carbocycles. The van der Waals surface area contributed by atoms with Crippen LogP contribution >= 0.6 is 12.4 Å². The second-order valence-electron chi connectivity index (χ2n) is 5.21. The normalized spacial score (nSPS) is 10.0.